The number of para-hydroxylation sites is 1. The number of amides is 1. The summed E-state index contributed by atoms with van der Waals surface area (Å²) in [6, 6.07) is 8.03. The number of benzene rings is 1. The Labute approximate surface area is 147 Å². The van der Waals surface area contributed by atoms with Crippen LogP contribution in [0.2, 0.25) is 0 Å². The molecule has 1 aliphatic carbocycles. The lowest BCUT2D eigenvalue weighted by molar-refractivity contribution is -0.115. The Balaban J connectivity index is 1.75. The highest BCUT2D eigenvalue weighted by Crippen LogP contribution is 2.30. The summed E-state index contributed by atoms with van der Waals surface area (Å²) < 4.78 is 5.65. The molecule has 0 atom stereocenters. The summed E-state index contributed by atoms with van der Waals surface area (Å²) in [7, 11) is 0. The van der Waals surface area contributed by atoms with Gasteiger partial charge in [0.15, 0.2) is 5.17 Å². The van der Waals surface area contributed by atoms with Crippen molar-refractivity contribution in [1.29, 1.82) is 0 Å². The molecule has 1 aliphatic heterocycles. The largest absolute Gasteiger partial charge is 0.489 e. The van der Waals surface area contributed by atoms with Crippen LogP contribution in [0.4, 0.5) is 0 Å². The van der Waals surface area contributed by atoms with E-state index < -0.39 is 0 Å². The van der Waals surface area contributed by atoms with Gasteiger partial charge in [0.05, 0.1) is 10.9 Å². The van der Waals surface area contributed by atoms with E-state index in [2.05, 4.69) is 11.9 Å². The van der Waals surface area contributed by atoms with E-state index in [9.17, 15) is 4.79 Å². The van der Waals surface area contributed by atoms with Crippen molar-refractivity contribution < 1.29 is 9.53 Å². The van der Waals surface area contributed by atoms with Gasteiger partial charge in [-0.15, -0.1) is 0 Å². The molecular formula is C19H22N2O2S. The molecule has 1 saturated carbocycles. The lowest BCUT2D eigenvalue weighted by Gasteiger charge is -2.17. The maximum absolute atomic E-state index is 12.2. The number of amidine groups is 1. The molecule has 1 saturated heterocycles. The second-order valence-electron chi connectivity index (χ2n) is 5.93. The normalized spacial score (nSPS) is 21.9. The molecule has 0 aromatic heterocycles. The van der Waals surface area contributed by atoms with Crippen molar-refractivity contribution in [3.05, 3.63) is 47.4 Å². The van der Waals surface area contributed by atoms with E-state index in [1.54, 1.807) is 6.08 Å². The Hall–Kier alpha value is -2.01. The maximum atomic E-state index is 12.2. The van der Waals surface area contributed by atoms with E-state index >= 15 is 0 Å². The number of aliphatic imine (C=N–C) groups is 1. The number of carbonyl (C=O) groups is 1. The lowest BCUT2D eigenvalue weighted by Crippen LogP contribution is -2.22. The van der Waals surface area contributed by atoms with Crippen molar-refractivity contribution in [2.45, 2.75) is 38.1 Å². The van der Waals surface area contributed by atoms with E-state index in [-0.39, 0.29) is 5.91 Å². The summed E-state index contributed by atoms with van der Waals surface area (Å²) in [5.74, 6) is 0.657. The Bertz CT molecular complexity index is 676. The summed E-state index contributed by atoms with van der Waals surface area (Å²) in [6.45, 7) is 4.10. The van der Waals surface area contributed by atoms with Crippen LogP contribution in [-0.2, 0) is 4.79 Å². The molecule has 5 heteroatoms. The average molecular weight is 342 g/mol. The molecule has 126 valence electrons. The third kappa shape index (κ3) is 4.29. The number of carbonyl (C=O) groups excluding carboxylic acids is 1. The number of hydrogen-bond acceptors (Lipinski definition) is 4. The summed E-state index contributed by atoms with van der Waals surface area (Å²) in [6.07, 6.45) is 9.58. The Morgan fingerprint density at radius 1 is 1.29 bits per heavy atom. The summed E-state index contributed by atoms with van der Waals surface area (Å²) in [5, 5.41) is 3.61. The average Bonchev–Trinajstić information content (AvgIpc) is 2.94. The van der Waals surface area contributed by atoms with Gasteiger partial charge < -0.3 is 10.1 Å². The molecule has 0 spiro atoms. The lowest BCUT2D eigenvalue weighted by atomic mass is 9.96. The minimum Gasteiger partial charge on any atom is -0.489 e. The first-order valence-corrected chi connectivity index (χ1v) is 9.19. The molecule has 0 unspecified atom stereocenters. The monoisotopic (exact) mass is 342 g/mol. The second kappa shape index (κ2) is 8.20. The standard InChI is InChI=1S/C19H22N2O2S/c1-2-12-23-16-11-7-6-8-14(16)13-17-18(22)21-19(24-17)20-15-9-4-3-5-10-15/h2,6-8,11,13,15H,1,3-5,9-10,12H2,(H,20,21,22)/b17-13-. The molecule has 24 heavy (non-hydrogen) atoms. The molecule has 0 bridgehead atoms. The summed E-state index contributed by atoms with van der Waals surface area (Å²) in [4.78, 5) is 17.6. The van der Waals surface area contributed by atoms with Crippen molar-refractivity contribution in [2.75, 3.05) is 6.61 Å². The molecule has 4 nitrogen and oxygen atoms in total. The van der Waals surface area contributed by atoms with E-state index in [0.717, 1.165) is 29.3 Å². The van der Waals surface area contributed by atoms with E-state index in [0.29, 0.717) is 17.6 Å². The van der Waals surface area contributed by atoms with Crippen LogP contribution in [0.15, 0.2) is 46.8 Å². The molecule has 3 rings (SSSR count). The Morgan fingerprint density at radius 3 is 2.88 bits per heavy atom. The fraction of sp³-hybridized carbons (Fsp3) is 0.368. The van der Waals surface area contributed by atoms with Gasteiger partial charge in [-0.2, -0.15) is 0 Å². The van der Waals surface area contributed by atoms with Crippen LogP contribution in [0.1, 0.15) is 37.7 Å². The zero-order valence-electron chi connectivity index (χ0n) is 13.7. The Morgan fingerprint density at radius 2 is 2.08 bits per heavy atom. The molecule has 1 heterocycles. The van der Waals surface area contributed by atoms with Crippen molar-refractivity contribution in [1.82, 2.24) is 5.32 Å². The van der Waals surface area contributed by atoms with Crippen LogP contribution in [0.5, 0.6) is 5.75 Å². The highest BCUT2D eigenvalue weighted by atomic mass is 32.2. The summed E-state index contributed by atoms with van der Waals surface area (Å²) in [5.41, 5.74) is 0.885. The molecule has 1 amide bonds. The fourth-order valence-electron chi connectivity index (χ4n) is 2.89. The molecule has 1 aromatic rings. The van der Waals surface area contributed by atoms with Crippen LogP contribution in [0, 0.1) is 0 Å². The second-order valence-corrected chi connectivity index (χ2v) is 6.96. The number of nitrogens with zero attached hydrogens (tertiary/aromatic N) is 1. The minimum absolute atomic E-state index is 0.0897. The van der Waals surface area contributed by atoms with Gasteiger partial charge in [-0.25, -0.2) is 0 Å². The van der Waals surface area contributed by atoms with Gasteiger partial charge in [0, 0.05) is 5.56 Å². The number of nitrogens with one attached hydrogen (secondary N) is 1. The van der Waals surface area contributed by atoms with Crippen molar-refractivity contribution >= 4 is 28.9 Å². The number of ether oxygens (including phenoxy) is 1. The zero-order chi connectivity index (χ0) is 16.8. The topological polar surface area (TPSA) is 50.7 Å². The van der Waals surface area contributed by atoms with Gasteiger partial charge in [0.2, 0.25) is 0 Å². The maximum Gasteiger partial charge on any atom is 0.264 e. The first-order chi connectivity index (χ1) is 11.8. The molecule has 1 N–H and O–H groups in total. The molecule has 1 aromatic carbocycles. The van der Waals surface area contributed by atoms with Crippen molar-refractivity contribution in [3.8, 4) is 5.75 Å². The third-order valence-electron chi connectivity index (χ3n) is 4.09. The molecular weight excluding hydrogens is 320 g/mol. The highest BCUT2D eigenvalue weighted by Gasteiger charge is 2.25. The molecule has 0 radical (unpaired) electrons. The van der Waals surface area contributed by atoms with Gasteiger partial charge in [0.1, 0.15) is 12.4 Å². The van der Waals surface area contributed by atoms with Gasteiger partial charge in [-0.3, -0.25) is 9.79 Å². The van der Waals surface area contributed by atoms with Crippen molar-refractivity contribution in [3.63, 3.8) is 0 Å². The smallest absolute Gasteiger partial charge is 0.264 e. The predicted molar refractivity (Wildman–Crippen MR) is 100 cm³/mol. The van der Waals surface area contributed by atoms with Crippen LogP contribution in [0.25, 0.3) is 6.08 Å². The molecule has 2 fully saturated rings. The van der Waals surface area contributed by atoms with E-state index in [4.69, 9.17) is 9.73 Å². The summed E-state index contributed by atoms with van der Waals surface area (Å²) >= 11 is 1.41. The third-order valence-corrected chi connectivity index (χ3v) is 5.01. The van der Waals surface area contributed by atoms with Gasteiger partial charge in [-0.05, 0) is 36.7 Å². The van der Waals surface area contributed by atoms with Gasteiger partial charge in [0.25, 0.3) is 5.91 Å². The van der Waals surface area contributed by atoms with Gasteiger partial charge in [-0.1, -0.05) is 50.1 Å². The zero-order valence-corrected chi connectivity index (χ0v) is 14.5. The van der Waals surface area contributed by atoms with Crippen LogP contribution < -0.4 is 10.1 Å². The number of hydrogen-bond donors (Lipinski definition) is 1. The predicted octanol–water partition coefficient (Wildman–Crippen LogP) is 4.14. The first-order valence-electron chi connectivity index (χ1n) is 8.37. The van der Waals surface area contributed by atoms with Crippen LogP contribution >= 0.6 is 11.8 Å². The fourth-order valence-corrected chi connectivity index (χ4v) is 3.77. The SMILES string of the molecule is C=CCOc1ccccc1/C=C1\SC(=NC2CCCCC2)NC1=O. The number of rotatable bonds is 5. The first kappa shape index (κ1) is 16.8. The quantitative estimate of drug-likeness (QED) is 0.646. The van der Waals surface area contributed by atoms with Crippen LogP contribution in [-0.4, -0.2) is 23.7 Å². The van der Waals surface area contributed by atoms with E-state index in [1.807, 2.05) is 30.3 Å². The van der Waals surface area contributed by atoms with Crippen molar-refractivity contribution in [2.24, 2.45) is 4.99 Å². The van der Waals surface area contributed by atoms with Crippen LogP contribution in [0.3, 0.4) is 0 Å². The molecule has 2 aliphatic rings. The van der Waals surface area contributed by atoms with E-state index in [1.165, 1.54) is 31.0 Å². The van der Waals surface area contributed by atoms with Gasteiger partial charge >= 0.3 is 0 Å². The highest BCUT2D eigenvalue weighted by molar-refractivity contribution is 8.18. The Kier molecular flexibility index (Phi) is 5.75. The number of thioether (sulfide) groups is 1. The minimum atomic E-state index is -0.0897.